The summed E-state index contributed by atoms with van der Waals surface area (Å²) in [6, 6.07) is 15.2. The van der Waals surface area contributed by atoms with Crippen LogP contribution in [0.15, 0.2) is 48.5 Å². The number of aromatic amines is 2. The van der Waals surface area contributed by atoms with Gasteiger partial charge in [0.2, 0.25) is 0 Å². The van der Waals surface area contributed by atoms with Gasteiger partial charge in [-0.1, -0.05) is 24.3 Å². The molecule has 1 heterocycles. The van der Waals surface area contributed by atoms with Crippen molar-refractivity contribution in [3.05, 3.63) is 48.5 Å². The van der Waals surface area contributed by atoms with Crippen LogP contribution in [0.2, 0.25) is 0 Å². The minimum absolute atomic E-state index is 0.269. The number of imidazole rings is 1. The van der Waals surface area contributed by atoms with E-state index in [2.05, 4.69) is 9.97 Å². The quantitative estimate of drug-likeness (QED) is 0.637. The van der Waals surface area contributed by atoms with E-state index in [1.165, 1.54) is 0 Å². The van der Waals surface area contributed by atoms with Gasteiger partial charge in [0, 0.05) is 0 Å². The molecule has 0 unspecified atom stereocenters. The van der Waals surface area contributed by atoms with Crippen molar-refractivity contribution >= 4 is 11.0 Å². The molecule has 3 nitrogen and oxygen atoms in total. The lowest BCUT2D eigenvalue weighted by atomic mass is 10.2. The summed E-state index contributed by atoms with van der Waals surface area (Å²) in [7, 11) is 0. The Morgan fingerprint density at radius 1 is 0.938 bits per heavy atom. The molecule has 0 spiro atoms. The van der Waals surface area contributed by atoms with Gasteiger partial charge < -0.3 is 5.11 Å². The Bertz CT molecular complexity index is 610. The maximum absolute atomic E-state index is 9.75. The van der Waals surface area contributed by atoms with Gasteiger partial charge >= 0.3 is 0 Å². The van der Waals surface area contributed by atoms with Crippen LogP contribution in [0.5, 0.6) is 5.75 Å². The number of fused-ring (bicyclic) bond motifs is 1. The van der Waals surface area contributed by atoms with E-state index in [-0.39, 0.29) is 5.75 Å². The van der Waals surface area contributed by atoms with E-state index < -0.39 is 0 Å². The van der Waals surface area contributed by atoms with Crippen molar-refractivity contribution < 1.29 is 10.1 Å². The molecular formula is C13H11N2O+. The minimum atomic E-state index is 0.269. The second-order valence-electron chi connectivity index (χ2n) is 3.69. The van der Waals surface area contributed by atoms with E-state index >= 15 is 0 Å². The van der Waals surface area contributed by atoms with Crippen LogP contribution >= 0.6 is 0 Å². The lowest BCUT2D eigenvalue weighted by Crippen LogP contribution is -2.02. The van der Waals surface area contributed by atoms with E-state index in [9.17, 15) is 5.11 Å². The molecule has 1 aromatic heterocycles. The number of para-hydroxylation sites is 3. The Labute approximate surface area is 92.4 Å². The highest BCUT2D eigenvalue weighted by atomic mass is 16.3. The summed E-state index contributed by atoms with van der Waals surface area (Å²) >= 11 is 0. The maximum Gasteiger partial charge on any atom is 0.289 e. The first kappa shape index (κ1) is 8.97. The maximum atomic E-state index is 9.75. The molecule has 0 saturated heterocycles. The molecule has 0 amide bonds. The van der Waals surface area contributed by atoms with Gasteiger partial charge in [-0.3, -0.25) is 0 Å². The summed E-state index contributed by atoms with van der Waals surface area (Å²) < 4.78 is 0. The molecule has 0 fully saturated rings. The zero-order chi connectivity index (χ0) is 11.0. The second kappa shape index (κ2) is 3.38. The lowest BCUT2D eigenvalue weighted by Gasteiger charge is -1.94. The molecule has 3 heteroatoms. The van der Waals surface area contributed by atoms with Crippen LogP contribution in [0.3, 0.4) is 0 Å². The molecule has 2 aromatic carbocycles. The van der Waals surface area contributed by atoms with Crippen molar-refractivity contribution in [2.75, 3.05) is 0 Å². The topological polar surface area (TPSA) is 50.2 Å². The van der Waals surface area contributed by atoms with Crippen LogP contribution in [0, 0.1) is 0 Å². The molecule has 0 aliphatic rings. The average molecular weight is 211 g/mol. The van der Waals surface area contributed by atoms with Gasteiger partial charge in [-0.15, -0.1) is 0 Å². The van der Waals surface area contributed by atoms with Crippen molar-refractivity contribution in [1.29, 1.82) is 0 Å². The average Bonchev–Trinajstić information content (AvgIpc) is 2.73. The number of nitrogens with one attached hydrogen (secondary N) is 2. The molecule has 78 valence electrons. The smallest absolute Gasteiger partial charge is 0.289 e. The minimum Gasteiger partial charge on any atom is -0.507 e. The van der Waals surface area contributed by atoms with Crippen molar-refractivity contribution in [1.82, 2.24) is 4.98 Å². The number of hydrogen-bond donors (Lipinski definition) is 2. The third-order valence-electron chi connectivity index (χ3n) is 2.62. The fourth-order valence-electron chi connectivity index (χ4n) is 1.82. The van der Waals surface area contributed by atoms with Gasteiger partial charge in [0.05, 0.1) is 0 Å². The van der Waals surface area contributed by atoms with Crippen LogP contribution in [-0.4, -0.2) is 10.1 Å². The van der Waals surface area contributed by atoms with Crippen molar-refractivity contribution in [2.45, 2.75) is 0 Å². The van der Waals surface area contributed by atoms with Gasteiger partial charge in [0.1, 0.15) is 11.3 Å². The fourth-order valence-corrected chi connectivity index (χ4v) is 1.82. The van der Waals surface area contributed by atoms with Crippen LogP contribution in [-0.2, 0) is 0 Å². The molecule has 3 rings (SSSR count). The predicted molar refractivity (Wildman–Crippen MR) is 62.0 cm³/mol. The number of H-pyrrole nitrogens is 2. The zero-order valence-electron chi connectivity index (χ0n) is 8.57. The SMILES string of the molecule is Oc1ccccc1-c1[nH]c2ccccc2[nH+]1. The fraction of sp³-hybridized carbons (Fsp3) is 0. The van der Waals surface area contributed by atoms with Gasteiger partial charge in [0.25, 0.3) is 5.82 Å². The largest absolute Gasteiger partial charge is 0.507 e. The first-order valence-electron chi connectivity index (χ1n) is 5.13. The van der Waals surface area contributed by atoms with E-state index in [1.807, 2.05) is 42.5 Å². The Morgan fingerprint density at radius 2 is 1.69 bits per heavy atom. The van der Waals surface area contributed by atoms with E-state index in [1.54, 1.807) is 6.07 Å². The van der Waals surface area contributed by atoms with Crippen LogP contribution in [0.1, 0.15) is 0 Å². The number of benzene rings is 2. The van der Waals surface area contributed by atoms with Crippen LogP contribution < -0.4 is 4.98 Å². The molecule has 0 radical (unpaired) electrons. The first-order valence-corrected chi connectivity index (χ1v) is 5.13. The monoisotopic (exact) mass is 211 g/mol. The number of aromatic hydroxyl groups is 1. The molecule has 16 heavy (non-hydrogen) atoms. The highest BCUT2D eigenvalue weighted by molar-refractivity contribution is 5.75. The number of phenolic OH excluding ortho intramolecular Hbond substituents is 1. The summed E-state index contributed by atoms with van der Waals surface area (Å²) in [6.07, 6.45) is 0. The Hall–Kier alpha value is -2.29. The third-order valence-corrected chi connectivity index (χ3v) is 2.62. The third kappa shape index (κ3) is 1.34. The van der Waals surface area contributed by atoms with Gasteiger partial charge in [-0.25, -0.2) is 9.97 Å². The van der Waals surface area contributed by atoms with Gasteiger partial charge in [-0.05, 0) is 24.3 Å². The lowest BCUT2D eigenvalue weighted by molar-refractivity contribution is -0.330. The number of phenols is 1. The first-order chi connectivity index (χ1) is 7.84. The molecule has 0 aliphatic carbocycles. The Balaban J connectivity index is 2.23. The molecule has 0 aliphatic heterocycles. The molecule has 0 atom stereocenters. The van der Waals surface area contributed by atoms with Gasteiger partial charge in [0.15, 0.2) is 11.0 Å². The van der Waals surface area contributed by atoms with Crippen molar-refractivity contribution in [3.63, 3.8) is 0 Å². The van der Waals surface area contributed by atoms with Crippen LogP contribution in [0.25, 0.3) is 22.4 Å². The predicted octanol–water partition coefficient (Wildman–Crippen LogP) is 2.35. The van der Waals surface area contributed by atoms with Crippen molar-refractivity contribution in [3.8, 4) is 17.1 Å². The summed E-state index contributed by atoms with van der Waals surface area (Å²) in [6.45, 7) is 0. The number of rotatable bonds is 1. The Kier molecular flexibility index (Phi) is 1.90. The summed E-state index contributed by atoms with van der Waals surface area (Å²) in [5.41, 5.74) is 2.83. The highest BCUT2D eigenvalue weighted by Crippen LogP contribution is 2.25. The molecule has 0 saturated carbocycles. The van der Waals surface area contributed by atoms with Gasteiger partial charge in [-0.2, -0.15) is 0 Å². The Morgan fingerprint density at radius 3 is 2.50 bits per heavy atom. The molecular weight excluding hydrogens is 200 g/mol. The summed E-state index contributed by atoms with van der Waals surface area (Å²) in [4.78, 5) is 6.47. The normalized spacial score (nSPS) is 10.8. The number of aromatic nitrogens is 2. The van der Waals surface area contributed by atoms with E-state index in [0.717, 1.165) is 22.4 Å². The van der Waals surface area contributed by atoms with E-state index in [0.29, 0.717) is 0 Å². The van der Waals surface area contributed by atoms with Crippen molar-refractivity contribution in [2.24, 2.45) is 0 Å². The van der Waals surface area contributed by atoms with Crippen LogP contribution in [0.4, 0.5) is 0 Å². The second-order valence-corrected chi connectivity index (χ2v) is 3.69. The number of hydrogen-bond acceptors (Lipinski definition) is 1. The summed E-state index contributed by atoms with van der Waals surface area (Å²) in [5.74, 6) is 1.09. The standard InChI is InChI=1S/C13H10N2O/c16-12-8-4-1-5-9(12)13-14-10-6-2-3-7-11(10)15-13/h1-8,16H,(H,14,15)/p+1. The molecule has 3 aromatic rings. The molecule has 3 N–H and O–H groups in total. The molecule has 0 bridgehead atoms. The highest BCUT2D eigenvalue weighted by Gasteiger charge is 2.14. The van der Waals surface area contributed by atoms with E-state index in [4.69, 9.17) is 0 Å². The zero-order valence-corrected chi connectivity index (χ0v) is 8.57. The summed E-state index contributed by atoms with van der Waals surface area (Å²) in [5, 5.41) is 9.75.